The van der Waals surface area contributed by atoms with Crippen LogP contribution in [0.5, 0.6) is 0 Å². The van der Waals surface area contributed by atoms with Crippen LogP contribution in [0, 0.1) is 5.41 Å². The normalized spacial score (nSPS) is 21.7. The molecule has 1 unspecified atom stereocenters. The third kappa shape index (κ3) is 3.60. The van der Waals surface area contributed by atoms with Gasteiger partial charge in [-0.2, -0.15) is 0 Å². The summed E-state index contributed by atoms with van der Waals surface area (Å²) in [4.78, 5) is 1.80. The highest BCUT2D eigenvalue weighted by molar-refractivity contribution is 5.50. The molecular formula is C26H25F2NO. The molecule has 2 nitrogen and oxygen atoms in total. The minimum Gasteiger partial charge on any atom is -0.359 e. The van der Waals surface area contributed by atoms with Crippen LogP contribution < -0.4 is 0 Å². The Morgan fingerprint density at radius 3 is 2.00 bits per heavy atom. The molecule has 154 valence electrons. The maximum absolute atomic E-state index is 14.5. The SMILES string of the molecule is CN(C)CC1(COC(C2=C=C=CC=C2)(c2ccccc2)c2ccccc2)CC1(F)F. The molecule has 0 saturated heterocycles. The number of benzene rings is 2. The van der Waals surface area contributed by atoms with E-state index in [4.69, 9.17) is 4.74 Å². The number of nitrogens with zero attached hydrogens (tertiary/aromatic N) is 1. The molecule has 2 aromatic rings. The van der Waals surface area contributed by atoms with E-state index in [0.717, 1.165) is 16.7 Å². The summed E-state index contributed by atoms with van der Waals surface area (Å²) in [6.07, 6.45) is 5.40. The number of hydrogen-bond acceptors (Lipinski definition) is 2. The second-order valence-electron chi connectivity index (χ2n) is 8.31. The van der Waals surface area contributed by atoms with Crippen LogP contribution in [0.25, 0.3) is 0 Å². The molecule has 0 spiro atoms. The number of ether oxygens (including phenoxy) is 1. The molecule has 0 N–H and O–H groups in total. The van der Waals surface area contributed by atoms with Crippen molar-refractivity contribution in [2.24, 2.45) is 5.41 Å². The summed E-state index contributed by atoms with van der Waals surface area (Å²) in [6.45, 7) is 0.203. The van der Waals surface area contributed by atoms with Crippen LogP contribution in [-0.4, -0.2) is 38.1 Å². The molecule has 1 saturated carbocycles. The zero-order chi connectivity index (χ0) is 21.2. The summed E-state index contributed by atoms with van der Waals surface area (Å²) < 4.78 is 35.5. The van der Waals surface area contributed by atoms with E-state index >= 15 is 0 Å². The monoisotopic (exact) mass is 405 g/mol. The first-order chi connectivity index (χ1) is 14.4. The molecule has 1 fully saturated rings. The van der Waals surface area contributed by atoms with E-state index in [0.29, 0.717) is 0 Å². The van der Waals surface area contributed by atoms with Crippen molar-refractivity contribution in [3.8, 4) is 0 Å². The third-order valence-corrected chi connectivity index (χ3v) is 5.78. The molecule has 0 bridgehead atoms. The minimum absolute atomic E-state index is 0.0648. The number of alkyl halides is 2. The lowest BCUT2D eigenvalue weighted by molar-refractivity contribution is -0.0534. The van der Waals surface area contributed by atoms with Crippen molar-refractivity contribution < 1.29 is 13.5 Å². The zero-order valence-electron chi connectivity index (χ0n) is 17.2. The average molecular weight is 405 g/mol. The molecule has 1 atom stereocenters. The molecule has 0 amide bonds. The van der Waals surface area contributed by atoms with Gasteiger partial charge in [0.2, 0.25) is 0 Å². The van der Waals surface area contributed by atoms with E-state index in [9.17, 15) is 8.78 Å². The van der Waals surface area contributed by atoms with E-state index < -0.39 is 16.9 Å². The molecule has 4 heteroatoms. The molecule has 0 aromatic heterocycles. The fourth-order valence-electron chi connectivity index (χ4n) is 4.23. The van der Waals surface area contributed by atoms with Crippen molar-refractivity contribution in [1.29, 1.82) is 0 Å². The third-order valence-electron chi connectivity index (χ3n) is 5.78. The number of rotatable bonds is 8. The van der Waals surface area contributed by atoms with Crippen molar-refractivity contribution in [2.45, 2.75) is 17.9 Å². The lowest BCUT2D eigenvalue weighted by Crippen LogP contribution is -2.39. The molecule has 0 heterocycles. The smallest absolute Gasteiger partial charge is 0.258 e. The van der Waals surface area contributed by atoms with Crippen molar-refractivity contribution >= 4 is 0 Å². The van der Waals surface area contributed by atoms with Crippen molar-refractivity contribution in [3.63, 3.8) is 0 Å². The van der Waals surface area contributed by atoms with E-state index in [1.54, 1.807) is 11.0 Å². The van der Waals surface area contributed by atoms with Gasteiger partial charge in [0.15, 0.2) is 5.60 Å². The van der Waals surface area contributed by atoms with Gasteiger partial charge in [0, 0.05) is 18.5 Å². The van der Waals surface area contributed by atoms with Crippen LogP contribution in [0.2, 0.25) is 0 Å². The second kappa shape index (κ2) is 7.83. The van der Waals surface area contributed by atoms with E-state index in [1.165, 1.54) is 0 Å². The highest BCUT2D eigenvalue weighted by Crippen LogP contribution is 2.61. The first-order valence-corrected chi connectivity index (χ1v) is 10.1. The van der Waals surface area contributed by atoms with Gasteiger partial charge in [-0.15, -0.1) is 0 Å². The fraction of sp³-hybridized carbons (Fsp3) is 0.308. The lowest BCUT2D eigenvalue weighted by atomic mass is 9.79. The van der Waals surface area contributed by atoms with E-state index in [1.807, 2.05) is 86.9 Å². The van der Waals surface area contributed by atoms with Crippen molar-refractivity contribution in [1.82, 2.24) is 4.90 Å². The van der Waals surface area contributed by atoms with Crippen LogP contribution in [0.15, 0.2) is 95.9 Å². The Kier molecular flexibility index (Phi) is 5.36. The molecule has 4 rings (SSSR count). The molecule has 2 aromatic carbocycles. The van der Waals surface area contributed by atoms with Crippen LogP contribution in [-0.2, 0) is 10.3 Å². The summed E-state index contributed by atoms with van der Waals surface area (Å²) in [5.41, 5.74) is 6.42. The Bertz CT molecular complexity index is 990. The highest BCUT2D eigenvalue weighted by Gasteiger charge is 2.71. The Balaban J connectivity index is 1.85. The maximum Gasteiger partial charge on any atom is 0.258 e. The topological polar surface area (TPSA) is 12.5 Å². The summed E-state index contributed by atoms with van der Waals surface area (Å²) in [7, 11) is 3.63. The summed E-state index contributed by atoms with van der Waals surface area (Å²) >= 11 is 0. The van der Waals surface area contributed by atoms with Crippen molar-refractivity contribution in [3.05, 3.63) is 107 Å². The fourth-order valence-corrected chi connectivity index (χ4v) is 4.23. The first kappa shape index (κ1) is 20.5. The lowest BCUT2D eigenvalue weighted by Gasteiger charge is -2.37. The van der Waals surface area contributed by atoms with Gasteiger partial charge in [-0.1, -0.05) is 78.2 Å². The predicted octanol–water partition coefficient (Wildman–Crippen LogP) is 5.34. The molecule has 2 aliphatic carbocycles. The minimum atomic E-state index is -2.73. The van der Waals surface area contributed by atoms with Gasteiger partial charge < -0.3 is 9.64 Å². The molecule has 0 radical (unpaired) electrons. The van der Waals surface area contributed by atoms with Crippen LogP contribution in [0.1, 0.15) is 17.5 Å². The summed E-state index contributed by atoms with van der Waals surface area (Å²) in [5.74, 6) is -2.73. The van der Waals surface area contributed by atoms with Gasteiger partial charge in [-0.25, -0.2) is 8.78 Å². The van der Waals surface area contributed by atoms with Crippen LogP contribution in [0.4, 0.5) is 8.78 Å². The first-order valence-electron chi connectivity index (χ1n) is 10.1. The van der Waals surface area contributed by atoms with E-state index in [-0.39, 0.29) is 19.6 Å². The van der Waals surface area contributed by atoms with Gasteiger partial charge in [-0.05, 0) is 37.4 Å². The molecule has 30 heavy (non-hydrogen) atoms. The summed E-state index contributed by atoms with van der Waals surface area (Å²) in [5, 5.41) is 0. The van der Waals surface area contributed by atoms with Gasteiger partial charge >= 0.3 is 0 Å². The van der Waals surface area contributed by atoms with Gasteiger partial charge in [0.1, 0.15) is 0 Å². The van der Waals surface area contributed by atoms with Crippen LogP contribution in [0.3, 0.4) is 0 Å². The Hall–Kier alpha value is -2.74. The van der Waals surface area contributed by atoms with Gasteiger partial charge in [0.05, 0.1) is 12.0 Å². The predicted molar refractivity (Wildman–Crippen MR) is 114 cm³/mol. The Morgan fingerprint density at radius 1 is 1.00 bits per heavy atom. The molecule has 2 aliphatic rings. The molecular weight excluding hydrogens is 380 g/mol. The Labute approximate surface area is 176 Å². The quantitative estimate of drug-likeness (QED) is 0.550. The van der Waals surface area contributed by atoms with Crippen LogP contribution >= 0.6 is 0 Å². The standard InChI is InChI=1S/C26H25F2NO/c1-29(2)19-24(18-25(24,27)28)20-30-26(21-12-6-3-7-13-21,22-14-8-4-9-15-22)23-16-10-5-11-17-23/h3-10,12-16H,18-20H2,1-2H3. The second-order valence-corrected chi connectivity index (χ2v) is 8.31. The number of halogens is 2. The molecule has 0 aliphatic heterocycles. The maximum atomic E-state index is 14.5. The zero-order valence-corrected chi connectivity index (χ0v) is 17.2. The largest absolute Gasteiger partial charge is 0.359 e. The van der Waals surface area contributed by atoms with Gasteiger partial charge in [-0.3, -0.25) is 0 Å². The average Bonchev–Trinajstić information content (AvgIpc) is 3.29. The van der Waals surface area contributed by atoms with Crippen molar-refractivity contribution in [2.75, 3.05) is 27.2 Å². The number of hydrogen-bond donors (Lipinski definition) is 0. The summed E-state index contributed by atoms with van der Waals surface area (Å²) in [6, 6.07) is 19.5. The Morgan fingerprint density at radius 2 is 1.57 bits per heavy atom. The number of allylic oxidation sites excluding steroid dienone is 2. The van der Waals surface area contributed by atoms with E-state index in [2.05, 4.69) is 11.5 Å². The van der Waals surface area contributed by atoms with Gasteiger partial charge in [0.25, 0.3) is 5.92 Å². The highest BCUT2D eigenvalue weighted by atomic mass is 19.3.